The van der Waals surface area contributed by atoms with Gasteiger partial charge >= 0.3 is 18.3 Å². The number of ether oxygens (including phenoxy) is 1. The number of aliphatic carboxylic acids is 1. The number of nitrogens with zero attached hydrogens (tertiary/aromatic N) is 3. The van der Waals surface area contributed by atoms with Crippen molar-refractivity contribution in [3.8, 4) is 17.1 Å². The minimum Gasteiger partial charge on any atom is -0.493 e. The van der Waals surface area contributed by atoms with E-state index in [-0.39, 0.29) is 41.6 Å². The van der Waals surface area contributed by atoms with Gasteiger partial charge in [0.25, 0.3) is 0 Å². The molecule has 1 unspecified atom stereocenters. The van der Waals surface area contributed by atoms with Crippen LogP contribution in [0.15, 0.2) is 34.9 Å². The standard InChI is InChI=1S/C22H28F3N5O2.C2HF3O2/c1-2-3-4-5-6-7-13-31-18-11-10-15(14-16(18)22(23,24)25)19-28-20(32-29-19)17-9-8-12-30(17)21(26)27;3-2(4,5)1(6)7/h5-6,10-11,14,17H,2-4,7-9,12-13H2,1H3,(H3,26,27);(H,6,7). The summed E-state index contributed by atoms with van der Waals surface area (Å²) in [4.78, 5) is 14.8. The molecular formula is C24H29F6N5O4. The number of halogens is 6. The SMILES string of the molecule is CCCCC=CCCOc1ccc(-c2noc(C3CCCN3C(=N)N)n2)cc1C(F)(F)F.O=C(O)C(F)(F)F. The number of guanidine groups is 1. The molecule has 15 heteroatoms. The summed E-state index contributed by atoms with van der Waals surface area (Å²) in [6.45, 7) is 2.85. The molecule has 216 valence electrons. The molecule has 0 bridgehead atoms. The van der Waals surface area contributed by atoms with Gasteiger partial charge in [-0.05, 0) is 43.9 Å². The fourth-order valence-corrected chi connectivity index (χ4v) is 3.61. The zero-order valence-corrected chi connectivity index (χ0v) is 21.0. The quantitative estimate of drug-likeness (QED) is 0.112. The molecule has 9 nitrogen and oxygen atoms in total. The maximum atomic E-state index is 13.6. The fraction of sp³-hybridized carbons (Fsp3) is 0.500. The van der Waals surface area contributed by atoms with E-state index in [1.54, 1.807) is 4.90 Å². The first-order valence-corrected chi connectivity index (χ1v) is 12.0. The van der Waals surface area contributed by atoms with E-state index in [2.05, 4.69) is 17.1 Å². The Labute approximate surface area is 220 Å². The second-order valence-corrected chi connectivity index (χ2v) is 8.46. The second kappa shape index (κ2) is 13.8. The smallest absolute Gasteiger partial charge is 0.490 e. The summed E-state index contributed by atoms with van der Waals surface area (Å²) >= 11 is 0. The molecule has 1 aromatic heterocycles. The van der Waals surface area contributed by atoms with Crippen molar-refractivity contribution in [2.24, 2.45) is 5.73 Å². The highest BCUT2D eigenvalue weighted by Gasteiger charge is 2.38. The number of likely N-dealkylation sites (tertiary alicyclic amines) is 1. The summed E-state index contributed by atoms with van der Waals surface area (Å²) in [5.41, 5.74) is 4.87. The molecule has 1 fully saturated rings. The van der Waals surface area contributed by atoms with Gasteiger partial charge in [0, 0.05) is 12.1 Å². The lowest BCUT2D eigenvalue weighted by Crippen LogP contribution is -2.35. The van der Waals surface area contributed by atoms with Crippen LogP contribution in [0.25, 0.3) is 11.4 Å². The van der Waals surface area contributed by atoms with Crippen LogP contribution < -0.4 is 10.5 Å². The number of unbranched alkanes of at least 4 members (excludes halogenated alkanes) is 2. The van der Waals surface area contributed by atoms with Gasteiger partial charge in [-0.15, -0.1) is 0 Å². The molecule has 0 spiro atoms. The lowest BCUT2D eigenvalue weighted by Gasteiger charge is -2.21. The van der Waals surface area contributed by atoms with Crippen LogP contribution in [0.1, 0.15) is 62.9 Å². The number of allylic oxidation sites excluding steroid dienone is 1. The molecule has 1 aliphatic rings. The van der Waals surface area contributed by atoms with Crippen LogP contribution in [0.3, 0.4) is 0 Å². The predicted molar refractivity (Wildman–Crippen MR) is 128 cm³/mol. The van der Waals surface area contributed by atoms with Gasteiger partial charge in [0.05, 0.1) is 12.2 Å². The van der Waals surface area contributed by atoms with Crippen molar-refractivity contribution in [2.45, 2.75) is 63.8 Å². The molecule has 4 N–H and O–H groups in total. The molecule has 2 aromatic rings. The van der Waals surface area contributed by atoms with Crippen molar-refractivity contribution >= 4 is 11.9 Å². The number of benzene rings is 1. The average Bonchev–Trinajstić information content (AvgIpc) is 3.52. The molecule has 0 aliphatic carbocycles. The fourth-order valence-electron chi connectivity index (χ4n) is 3.61. The van der Waals surface area contributed by atoms with E-state index < -0.39 is 23.9 Å². The van der Waals surface area contributed by atoms with Gasteiger partial charge in [-0.3, -0.25) is 5.41 Å². The van der Waals surface area contributed by atoms with E-state index >= 15 is 0 Å². The summed E-state index contributed by atoms with van der Waals surface area (Å²) in [6.07, 6.45) is -0.582. The van der Waals surface area contributed by atoms with E-state index in [0.717, 1.165) is 31.7 Å². The van der Waals surface area contributed by atoms with E-state index in [4.69, 9.17) is 30.3 Å². The van der Waals surface area contributed by atoms with Crippen LogP contribution >= 0.6 is 0 Å². The van der Waals surface area contributed by atoms with E-state index in [0.29, 0.717) is 19.4 Å². The summed E-state index contributed by atoms with van der Waals surface area (Å²) in [7, 11) is 0. The molecule has 1 saturated heterocycles. The lowest BCUT2D eigenvalue weighted by molar-refractivity contribution is -0.192. The Kier molecular flexibility index (Phi) is 11.2. The number of rotatable bonds is 9. The maximum Gasteiger partial charge on any atom is 0.490 e. The van der Waals surface area contributed by atoms with Crippen molar-refractivity contribution in [3.63, 3.8) is 0 Å². The molecule has 0 amide bonds. The number of alkyl halides is 6. The first-order chi connectivity index (χ1) is 18.3. The monoisotopic (exact) mass is 565 g/mol. The molecule has 1 aromatic carbocycles. The molecule has 0 saturated carbocycles. The van der Waals surface area contributed by atoms with Crippen LogP contribution in [0.2, 0.25) is 0 Å². The Morgan fingerprint density at radius 1 is 1.26 bits per heavy atom. The maximum absolute atomic E-state index is 13.6. The largest absolute Gasteiger partial charge is 0.493 e. The van der Waals surface area contributed by atoms with Crippen molar-refractivity contribution in [3.05, 3.63) is 41.8 Å². The Hall–Kier alpha value is -3.78. The third kappa shape index (κ3) is 9.48. The highest BCUT2D eigenvalue weighted by molar-refractivity contribution is 5.75. The van der Waals surface area contributed by atoms with Crippen molar-refractivity contribution in [1.82, 2.24) is 15.0 Å². The molecule has 1 atom stereocenters. The van der Waals surface area contributed by atoms with Gasteiger partial charge in [-0.2, -0.15) is 31.3 Å². The normalized spacial score (nSPS) is 15.8. The van der Waals surface area contributed by atoms with Crippen LogP contribution in [0.4, 0.5) is 26.3 Å². The van der Waals surface area contributed by atoms with Crippen molar-refractivity contribution < 1.29 is 45.5 Å². The number of aromatic nitrogens is 2. The zero-order valence-electron chi connectivity index (χ0n) is 21.0. The number of hydrogen-bond acceptors (Lipinski definition) is 6. The third-order valence-corrected chi connectivity index (χ3v) is 5.51. The van der Waals surface area contributed by atoms with Crippen LogP contribution in [-0.4, -0.2) is 51.4 Å². The van der Waals surface area contributed by atoms with Crippen LogP contribution in [0, 0.1) is 5.41 Å². The summed E-state index contributed by atoms with van der Waals surface area (Å²) in [6, 6.07) is 3.39. The van der Waals surface area contributed by atoms with Gasteiger partial charge < -0.3 is 25.0 Å². The molecule has 3 rings (SSSR count). The van der Waals surface area contributed by atoms with E-state index in [1.807, 2.05) is 12.2 Å². The Bertz CT molecular complexity index is 1130. The minimum absolute atomic E-state index is 0.0475. The second-order valence-electron chi connectivity index (χ2n) is 8.46. The van der Waals surface area contributed by atoms with E-state index in [9.17, 15) is 26.3 Å². The van der Waals surface area contributed by atoms with Gasteiger partial charge in [0.2, 0.25) is 11.7 Å². The number of nitrogens with one attached hydrogen (secondary N) is 1. The summed E-state index contributed by atoms with van der Waals surface area (Å²) in [5, 5.41) is 18.6. The minimum atomic E-state index is -5.08. The number of nitrogens with two attached hydrogens (primary N) is 1. The molecule has 1 aliphatic heterocycles. The Morgan fingerprint density at radius 2 is 1.92 bits per heavy atom. The lowest BCUT2D eigenvalue weighted by atomic mass is 10.1. The topological polar surface area (TPSA) is 139 Å². The van der Waals surface area contributed by atoms with Gasteiger partial charge in [0.15, 0.2) is 5.96 Å². The first kappa shape index (κ1) is 31.4. The number of carboxylic acid groups (broad SMARTS) is 1. The predicted octanol–water partition coefficient (Wildman–Crippen LogP) is 5.93. The first-order valence-electron chi connectivity index (χ1n) is 12.0. The van der Waals surface area contributed by atoms with E-state index in [1.165, 1.54) is 12.1 Å². The number of carbonyl (C=O) groups is 1. The zero-order chi connectivity index (χ0) is 29.2. The third-order valence-electron chi connectivity index (χ3n) is 5.51. The molecule has 39 heavy (non-hydrogen) atoms. The highest BCUT2D eigenvalue weighted by Crippen LogP contribution is 2.39. The molecule has 2 heterocycles. The molecule has 0 radical (unpaired) electrons. The number of carboxylic acids is 1. The number of hydrogen-bond donors (Lipinski definition) is 3. The molecular weight excluding hydrogens is 536 g/mol. The van der Waals surface area contributed by atoms with Gasteiger partial charge in [-0.1, -0.05) is 37.1 Å². The Balaban J connectivity index is 0.000000673. The van der Waals surface area contributed by atoms with Crippen LogP contribution in [0.5, 0.6) is 5.75 Å². The highest BCUT2D eigenvalue weighted by atomic mass is 19.4. The van der Waals surface area contributed by atoms with Crippen molar-refractivity contribution in [1.29, 1.82) is 5.41 Å². The van der Waals surface area contributed by atoms with Gasteiger partial charge in [0.1, 0.15) is 11.8 Å². The van der Waals surface area contributed by atoms with Crippen molar-refractivity contribution in [2.75, 3.05) is 13.2 Å². The van der Waals surface area contributed by atoms with Crippen LogP contribution in [-0.2, 0) is 11.0 Å². The van der Waals surface area contributed by atoms with Gasteiger partial charge in [-0.25, -0.2) is 4.79 Å². The summed E-state index contributed by atoms with van der Waals surface area (Å²) in [5.74, 6) is -2.81. The Morgan fingerprint density at radius 3 is 2.51 bits per heavy atom. The average molecular weight is 566 g/mol. The summed E-state index contributed by atoms with van der Waals surface area (Å²) < 4.78 is 83.4.